The maximum absolute atomic E-state index is 13.5. The van der Waals surface area contributed by atoms with E-state index in [1.807, 2.05) is 10.8 Å². The van der Waals surface area contributed by atoms with Gasteiger partial charge in [0.05, 0.1) is 6.54 Å². The molecule has 0 atom stereocenters. The molecular weight excluding hydrogens is 293 g/mol. The highest BCUT2D eigenvalue weighted by molar-refractivity contribution is 5.40. The van der Waals surface area contributed by atoms with E-state index in [9.17, 15) is 4.39 Å². The molecule has 4 nitrogen and oxygen atoms in total. The van der Waals surface area contributed by atoms with Crippen molar-refractivity contribution >= 4 is 0 Å². The Morgan fingerprint density at radius 1 is 1.26 bits per heavy atom. The Morgan fingerprint density at radius 3 is 2.91 bits per heavy atom. The number of aryl methyl sites for hydroxylation is 2. The molecule has 5 heteroatoms. The molecule has 0 aliphatic rings. The average molecular weight is 309 g/mol. The summed E-state index contributed by atoms with van der Waals surface area (Å²) < 4.78 is 20.7. The van der Waals surface area contributed by atoms with Gasteiger partial charge >= 0.3 is 0 Å². The molecule has 0 N–H and O–H groups in total. The van der Waals surface area contributed by atoms with E-state index in [2.05, 4.69) is 28.9 Å². The van der Waals surface area contributed by atoms with Gasteiger partial charge in [0.2, 0.25) is 5.76 Å². The summed E-state index contributed by atoms with van der Waals surface area (Å²) in [7, 11) is 0. The molecule has 2 aromatic heterocycles. The second-order valence-electron chi connectivity index (χ2n) is 5.22. The summed E-state index contributed by atoms with van der Waals surface area (Å²) in [5, 5.41) is 4.01. The molecule has 0 aliphatic heterocycles. The number of hydrogen-bond acceptors (Lipinski definition) is 3. The van der Waals surface area contributed by atoms with E-state index in [0.717, 1.165) is 17.9 Å². The van der Waals surface area contributed by atoms with Crippen LogP contribution >= 0.6 is 0 Å². The Balaban J connectivity index is 1.75. The second kappa shape index (κ2) is 6.49. The van der Waals surface area contributed by atoms with Crippen molar-refractivity contribution in [2.45, 2.75) is 26.8 Å². The first-order chi connectivity index (χ1) is 11.2. The number of rotatable bonds is 3. The third-order valence-electron chi connectivity index (χ3n) is 3.51. The largest absolute Gasteiger partial charge is 0.347 e. The molecule has 23 heavy (non-hydrogen) atoms. The Bertz CT molecular complexity index is 883. The van der Waals surface area contributed by atoms with Crippen LogP contribution in [0.5, 0.6) is 0 Å². The van der Waals surface area contributed by atoms with Gasteiger partial charge in [-0.1, -0.05) is 24.1 Å². The van der Waals surface area contributed by atoms with Crippen molar-refractivity contribution < 1.29 is 8.91 Å². The first kappa shape index (κ1) is 15.0. The van der Waals surface area contributed by atoms with E-state index < -0.39 is 0 Å². The zero-order chi connectivity index (χ0) is 16.2. The zero-order valence-corrected chi connectivity index (χ0v) is 13.0. The minimum Gasteiger partial charge on any atom is -0.347 e. The van der Waals surface area contributed by atoms with Gasteiger partial charge < -0.3 is 9.09 Å². The van der Waals surface area contributed by atoms with Crippen LogP contribution in [-0.2, 0) is 13.0 Å². The summed E-state index contributed by atoms with van der Waals surface area (Å²) in [6, 6.07) is 6.69. The number of aromatic nitrogens is 3. The lowest BCUT2D eigenvalue weighted by Gasteiger charge is -2.02. The van der Waals surface area contributed by atoms with E-state index in [-0.39, 0.29) is 5.82 Å². The summed E-state index contributed by atoms with van der Waals surface area (Å²) in [6.07, 6.45) is 4.54. The van der Waals surface area contributed by atoms with Crippen LogP contribution in [0.1, 0.15) is 35.3 Å². The van der Waals surface area contributed by atoms with Crippen molar-refractivity contribution in [1.82, 2.24) is 14.7 Å². The third-order valence-corrected chi connectivity index (χ3v) is 3.51. The number of imidazole rings is 1. The number of benzene rings is 1. The molecule has 0 saturated carbocycles. The Kier molecular flexibility index (Phi) is 4.24. The number of nitrogens with zero attached hydrogens (tertiary/aromatic N) is 3. The molecule has 3 rings (SSSR count). The van der Waals surface area contributed by atoms with Gasteiger partial charge in [-0.15, -0.1) is 0 Å². The highest BCUT2D eigenvalue weighted by Gasteiger charge is 2.06. The van der Waals surface area contributed by atoms with Gasteiger partial charge in [0, 0.05) is 30.4 Å². The normalized spacial score (nSPS) is 10.4. The monoisotopic (exact) mass is 309 g/mol. The molecule has 0 saturated heterocycles. The number of hydrogen-bond donors (Lipinski definition) is 0. The summed E-state index contributed by atoms with van der Waals surface area (Å²) in [5.74, 6) is 6.94. The number of halogens is 1. The van der Waals surface area contributed by atoms with Gasteiger partial charge in [-0.05, 0) is 30.5 Å². The molecule has 1 aromatic carbocycles. The lowest BCUT2D eigenvalue weighted by atomic mass is 10.1. The Labute approximate surface area is 134 Å². The minimum atomic E-state index is -0.262. The van der Waals surface area contributed by atoms with Crippen LogP contribution in [0.15, 0.2) is 41.2 Å². The van der Waals surface area contributed by atoms with Gasteiger partial charge in [-0.2, -0.15) is 0 Å². The molecule has 0 aliphatic carbocycles. The summed E-state index contributed by atoms with van der Waals surface area (Å²) in [4.78, 5) is 4.27. The smallest absolute Gasteiger partial charge is 0.210 e. The fraction of sp³-hybridized carbons (Fsp3) is 0.222. The maximum Gasteiger partial charge on any atom is 0.210 e. The lowest BCUT2D eigenvalue weighted by molar-refractivity contribution is 0.401. The van der Waals surface area contributed by atoms with E-state index in [1.54, 1.807) is 31.3 Å². The van der Waals surface area contributed by atoms with Crippen molar-refractivity contribution in [3.8, 4) is 11.8 Å². The molecular formula is C18H16FN3O. The van der Waals surface area contributed by atoms with Crippen molar-refractivity contribution in [2.24, 2.45) is 0 Å². The fourth-order valence-electron chi connectivity index (χ4n) is 2.22. The molecule has 116 valence electrons. The van der Waals surface area contributed by atoms with Crippen molar-refractivity contribution in [2.75, 3.05) is 0 Å². The lowest BCUT2D eigenvalue weighted by Crippen LogP contribution is -2.03. The standard InChI is InChI=1S/C18H16FN3O/c1-3-18-20-8-9-22(18)12-15-11-16(23-21-15)7-6-14-5-4-13(2)17(19)10-14/h4-5,8-11H,3,12H2,1-2H3. The SMILES string of the molecule is CCc1nccn1Cc1cc(C#Cc2ccc(C)c(F)c2)on1. The quantitative estimate of drug-likeness (QED) is 0.697. The van der Waals surface area contributed by atoms with Crippen LogP contribution in [0.2, 0.25) is 0 Å². The maximum atomic E-state index is 13.5. The van der Waals surface area contributed by atoms with Crippen molar-refractivity contribution in [3.05, 3.63) is 70.9 Å². The summed E-state index contributed by atoms with van der Waals surface area (Å²) in [5.41, 5.74) is 1.98. The van der Waals surface area contributed by atoms with E-state index in [0.29, 0.717) is 23.4 Å². The highest BCUT2D eigenvalue weighted by atomic mass is 19.1. The third kappa shape index (κ3) is 3.49. The fourth-order valence-corrected chi connectivity index (χ4v) is 2.22. The average Bonchev–Trinajstić information content (AvgIpc) is 3.18. The van der Waals surface area contributed by atoms with Gasteiger partial charge in [-0.3, -0.25) is 0 Å². The van der Waals surface area contributed by atoms with Gasteiger partial charge in [-0.25, -0.2) is 9.37 Å². The molecule has 0 bridgehead atoms. The molecule has 0 amide bonds. The van der Waals surface area contributed by atoms with Crippen LogP contribution in [0.25, 0.3) is 0 Å². The van der Waals surface area contributed by atoms with Crippen LogP contribution in [-0.4, -0.2) is 14.7 Å². The van der Waals surface area contributed by atoms with Gasteiger partial charge in [0.15, 0.2) is 0 Å². The van der Waals surface area contributed by atoms with E-state index in [4.69, 9.17) is 4.52 Å². The van der Waals surface area contributed by atoms with Crippen LogP contribution in [0.4, 0.5) is 4.39 Å². The second-order valence-corrected chi connectivity index (χ2v) is 5.22. The first-order valence-electron chi connectivity index (χ1n) is 7.39. The predicted octanol–water partition coefficient (Wildman–Crippen LogP) is 3.33. The van der Waals surface area contributed by atoms with Crippen molar-refractivity contribution in [3.63, 3.8) is 0 Å². The van der Waals surface area contributed by atoms with Gasteiger partial charge in [0.1, 0.15) is 17.3 Å². The van der Waals surface area contributed by atoms with E-state index in [1.165, 1.54) is 6.07 Å². The minimum absolute atomic E-state index is 0.262. The molecule has 2 heterocycles. The molecule has 0 unspecified atom stereocenters. The molecule has 0 fully saturated rings. The molecule has 0 radical (unpaired) electrons. The Morgan fingerprint density at radius 2 is 2.13 bits per heavy atom. The van der Waals surface area contributed by atoms with Crippen LogP contribution < -0.4 is 0 Å². The molecule has 3 aromatic rings. The topological polar surface area (TPSA) is 43.9 Å². The summed E-state index contributed by atoms with van der Waals surface area (Å²) in [6.45, 7) is 4.36. The zero-order valence-electron chi connectivity index (χ0n) is 13.0. The predicted molar refractivity (Wildman–Crippen MR) is 84.3 cm³/mol. The van der Waals surface area contributed by atoms with Crippen LogP contribution in [0, 0.1) is 24.6 Å². The van der Waals surface area contributed by atoms with Crippen molar-refractivity contribution in [1.29, 1.82) is 0 Å². The van der Waals surface area contributed by atoms with E-state index >= 15 is 0 Å². The van der Waals surface area contributed by atoms with Crippen LogP contribution in [0.3, 0.4) is 0 Å². The van der Waals surface area contributed by atoms with Gasteiger partial charge in [0.25, 0.3) is 0 Å². The highest BCUT2D eigenvalue weighted by Crippen LogP contribution is 2.10. The Hall–Kier alpha value is -2.87. The molecule has 0 spiro atoms. The first-order valence-corrected chi connectivity index (χ1v) is 7.39. The summed E-state index contributed by atoms with van der Waals surface area (Å²) >= 11 is 0.